The van der Waals surface area contributed by atoms with Crippen LogP contribution in [0.3, 0.4) is 0 Å². The molecule has 1 nitrogen and oxygen atoms in total. The Bertz CT molecular complexity index is 73.3. The molecule has 0 aromatic carbocycles. The van der Waals surface area contributed by atoms with Crippen LogP contribution in [0.5, 0.6) is 0 Å². The zero-order valence-electron chi connectivity index (χ0n) is 6.26. The molecule has 2 heteroatoms. The van der Waals surface area contributed by atoms with Gasteiger partial charge in [-0.1, -0.05) is 26.7 Å². The van der Waals surface area contributed by atoms with Gasteiger partial charge in [0.2, 0.25) is 0 Å². The van der Waals surface area contributed by atoms with Crippen molar-refractivity contribution < 1.29 is 4.57 Å². The second kappa shape index (κ2) is 6.22. The van der Waals surface area contributed by atoms with Gasteiger partial charge < -0.3 is 0 Å². The standard InChI is InChI=1S/C7H15OP/c1-3-5-6-7(4-2)9-8/h7H,3-6H2,1-2H3. The molecule has 0 heterocycles. The lowest BCUT2D eigenvalue weighted by Crippen LogP contribution is -1.94. The van der Waals surface area contributed by atoms with Crippen molar-refractivity contribution in [2.24, 2.45) is 0 Å². The second-order valence-electron chi connectivity index (χ2n) is 2.31. The molecule has 0 aromatic rings. The Morgan fingerprint density at radius 2 is 2.11 bits per heavy atom. The Morgan fingerprint density at radius 1 is 1.44 bits per heavy atom. The summed E-state index contributed by atoms with van der Waals surface area (Å²) in [5.41, 5.74) is 0.421. The summed E-state index contributed by atoms with van der Waals surface area (Å²) in [5, 5.41) is 0. The molecule has 1 unspecified atom stereocenters. The van der Waals surface area contributed by atoms with Gasteiger partial charge in [0, 0.05) is 5.66 Å². The summed E-state index contributed by atoms with van der Waals surface area (Å²) < 4.78 is 10.3. The summed E-state index contributed by atoms with van der Waals surface area (Å²) in [7, 11) is 0.334. The maximum atomic E-state index is 10.3. The molecule has 0 radical (unpaired) electrons. The number of unbranched alkanes of at least 4 members (excludes halogenated alkanes) is 1. The summed E-state index contributed by atoms with van der Waals surface area (Å²) >= 11 is 0. The van der Waals surface area contributed by atoms with Crippen LogP contribution < -0.4 is 0 Å². The van der Waals surface area contributed by atoms with Crippen molar-refractivity contribution >= 4 is 8.46 Å². The summed E-state index contributed by atoms with van der Waals surface area (Å²) in [5.74, 6) is 0. The maximum Gasteiger partial charge on any atom is 0.158 e. The second-order valence-corrected chi connectivity index (χ2v) is 3.25. The van der Waals surface area contributed by atoms with E-state index in [0.717, 1.165) is 12.8 Å². The molecule has 0 amide bonds. The van der Waals surface area contributed by atoms with E-state index in [1.807, 2.05) is 0 Å². The Balaban J connectivity index is 3.20. The van der Waals surface area contributed by atoms with E-state index in [0.29, 0.717) is 14.1 Å². The minimum absolute atomic E-state index is 0.334. The Morgan fingerprint density at radius 3 is 2.44 bits per heavy atom. The quantitative estimate of drug-likeness (QED) is 0.544. The van der Waals surface area contributed by atoms with Crippen molar-refractivity contribution in [3.05, 3.63) is 0 Å². The van der Waals surface area contributed by atoms with E-state index in [-0.39, 0.29) is 0 Å². The normalized spacial score (nSPS) is 14.0. The summed E-state index contributed by atoms with van der Waals surface area (Å²) in [4.78, 5) is 0. The molecule has 0 aromatic heterocycles. The average Bonchev–Trinajstić information content (AvgIpc) is 1.91. The van der Waals surface area contributed by atoms with Crippen LogP contribution in [0.2, 0.25) is 0 Å². The molecule has 0 bridgehead atoms. The summed E-state index contributed by atoms with van der Waals surface area (Å²) in [6, 6.07) is 0. The lowest BCUT2D eigenvalue weighted by atomic mass is 10.2. The Labute approximate surface area is 59.0 Å². The third kappa shape index (κ3) is 4.59. The lowest BCUT2D eigenvalue weighted by molar-refractivity contribution is 0.576. The molecule has 9 heavy (non-hydrogen) atoms. The number of hydrogen-bond donors (Lipinski definition) is 0. The SMILES string of the molecule is CCCCC(CC)P=O. The highest BCUT2D eigenvalue weighted by Crippen LogP contribution is 2.16. The van der Waals surface area contributed by atoms with Crippen LogP contribution >= 0.6 is 8.46 Å². The predicted molar refractivity (Wildman–Crippen MR) is 41.2 cm³/mol. The van der Waals surface area contributed by atoms with Crippen molar-refractivity contribution in [1.29, 1.82) is 0 Å². The van der Waals surface area contributed by atoms with Gasteiger partial charge in [-0.05, 0) is 12.8 Å². The minimum atomic E-state index is 0.334. The molecular weight excluding hydrogens is 131 g/mol. The Kier molecular flexibility index (Phi) is 6.29. The maximum absolute atomic E-state index is 10.3. The molecule has 0 aliphatic rings. The topological polar surface area (TPSA) is 17.1 Å². The molecule has 0 aliphatic heterocycles. The number of rotatable bonds is 5. The smallest absolute Gasteiger partial charge is 0.158 e. The molecule has 0 N–H and O–H groups in total. The summed E-state index contributed by atoms with van der Waals surface area (Å²) in [6.45, 7) is 4.25. The largest absolute Gasteiger partial charge is 0.275 e. The first-order valence-corrected chi connectivity index (χ1v) is 4.55. The fraction of sp³-hybridized carbons (Fsp3) is 1.00. The van der Waals surface area contributed by atoms with E-state index < -0.39 is 0 Å². The van der Waals surface area contributed by atoms with Gasteiger partial charge >= 0.3 is 0 Å². The van der Waals surface area contributed by atoms with Crippen molar-refractivity contribution in [3.8, 4) is 0 Å². The molecule has 1 atom stereocenters. The highest BCUT2D eigenvalue weighted by Gasteiger charge is 2.02. The first-order valence-electron chi connectivity index (χ1n) is 3.67. The minimum Gasteiger partial charge on any atom is -0.275 e. The third-order valence-corrected chi connectivity index (χ3v) is 2.43. The van der Waals surface area contributed by atoms with Gasteiger partial charge in [-0.25, -0.2) is 0 Å². The van der Waals surface area contributed by atoms with Crippen LogP contribution in [0.25, 0.3) is 0 Å². The van der Waals surface area contributed by atoms with Gasteiger partial charge in [0.25, 0.3) is 0 Å². The zero-order valence-corrected chi connectivity index (χ0v) is 7.16. The van der Waals surface area contributed by atoms with Crippen molar-refractivity contribution in [2.75, 3.05) is 0 Å². The highest BCUT2D eigenvalue weighted by atomic mass is 31.1. The summed E-state index contributed by atoms with van der Waals surface area (Å²) in [6.07, 6.45) is 4.60. The van der Waals surface area contributed by atoms with Crippen molar-refractivity contribution in [3.63, 3.8) is 0 Å². The molecule has 0 saturated heterocycles. The van der Waals surface area contributed by atoms with E-state index in [4.69, 9.17) is 0 Å². The van der Waals surface area contributed by atoms with Crippen molar-refractivity contribution in [2.45, 2.75) is 45.2 Å². The first-order chi connectivity index (χ1) is 4.35. The number of hydrogen-bond acceptors (Lipinski definition) is 1. The fourth-order valence-electron chi connectivity index (χ4n) is 0.771. The van der Waals surface area contributed by atoms with E-state index in [9.17, 15) is 4.57 Å². The molecule has 0 aliphatic carbocycles. The molecule has 0 saturated carbocycles. The van der Waals surface area contributed by atoms with Crippen LogP contribution in [0.1, 0.15) is 39.5 Å². The van der Waals surface area contributed by atoms with Crippen LogP contribution in [0.15, 0.2) is 0 Å². The van der Waals surface area contributed by atoms with Crippen LogP contribution in [-0.4, -0.2) is 5.66 Å². The van der Waals surface area contributed by atoms with E-state index in [1.165, 1.54) is 12.8 Å². The third-order valence-electron chi connectivity index (χ3n) is 1.51. The van der Waals surface area contributed by atoms with Gasteiger partial charge in [0.05, 0.1) is 0 Å². The van der Waals surface area contributed by atoms with Crippen molar-refractivity contribution in [1.82, 2.24) is 0 Å². The van der Waals surface area contributed by atoms with E-state index in [1.54, 1.807) is 0 Å². The van der Waals surface area contributed by atoms with Gasteiger partial charge in [-0.3, -0.25) is 4.57 Å². The van der Waals surface area contributed by atoms with E-state index in [2.05, 4.69) is 13.8 Å². The van der Waals surface area contributed by atoms with Gasteiger partial charge in [0.1, 0.15) is 0 Å². The van der Waals surface area contributed by atoms with Crippen LogP contribution in [0.4, 0.5) is 0 Å². The zero-order chi connectivity index (χ0) is 7.11. The first kappa shape index (κ1) is 9.10. The van der Waals surface area contributed by atoms with Crippen LogP contribution in [-0.2, 0) is 4.57 Å². The predicted octanol–water partition coefficient (Wildman–Crippen LogP) is 3.25. The molecule has 0 rings (SSSR count). The average molecular weight is 146 g/mol. The fourth-order valence-corrected chi connectivity index (χ4v) is 1.21. The van der Waals surface area contributed by atoms with Crippen LogP contribution in [0, 0.1) is 0 Å². The van der Waals surface area contributed by atoms with Gasteiger partial charge in [-0.15, -0.1) is 0 Å². The van der Waals surface area contributed by atoms with E-state index >= 15 is 0 Å². The monoisotopic (exact) mass is 146 g/mol. The molecular formula is C7H15OP. The van der Waals surface area contributed by atoms with Gasteiger partial charge in [0.15, 0.2) is 8.46 Å². The highest BCUT2D eigenvalue weighted by molar-refractivity contribution is 7.24. The lowest BCUT2D eigenvalue weighted by Gasteiger charge is -2.01. The molecule has 0 fully saturated rings. The van der Waals surface area contributed by atoms with Gasteiger partial charge in [-0.2, -0.15) is 0 Å². The molecule has 54 valence electrons. The molecule has 0 spiro atoms. The Hall–Kier alpha value is 0.100.